The lowest BCUT2D eigenvalue weighted by atomic mass is 10.0. The first-order valence-corrected chi connectivity index (χ1v) is 8.74. The van der Waals surface area contributed by atoms with Crippen molar-refractivity contribution < 1.29 is 0 Å². The molecule has 0 aliphatic rings. The van der Waals surface area contributed by atoms with Crippen LogP contribution in [0.3, 0.4) is 0 Å². The number of pyridine rings is 2. The first kappa shape index (κ1) is 17.0. The second-order valence-electron chi connectivity index (χ2n) is 6.08. The maximum absolute atomic E-state index is 4.91. The van der Waals surface area contributed by atoms with Gasteiger partial charge >= 0.3 is 0 Å². The molecule has 0 bridgehead atoms. The zero-order chi connectivity index (χ0) is 17.2. The zero-order valence-corrected chi connectivity index (χ0v) is 14.4. The number of aliphatic imine (C=N–C) groups is 1. The van der Waals surface area contributed by atoms with Crippen molar-refractivity contribution in [1.29, 1.82) is 0 Å². The van der Waals surface area contributed by atoms with Crippen molar-refractivity contribution in [2.24, 2.45) is 4.99 Å². The van der Waals surface area contributed by atoms with Crippen molar-refractivity contribution in [3.8, 4) is 0 Å². The Morgan fingerprint density at radius 2 is 1.16 bits per heavy atom. The molecule has 0 saturated heterocycles. The van der Waals surface area contributed by atoms with Crippen LogP contribution < -0.4 is 0 Å². The molecule has 0 amide bonds. The average Bonchev–Trinajstić information content (AvgIpc) is 2.70. The van der Waals surface area contributed by atoms with Gasteiger partial charge in [0.15, 0.2) is 0 Å². The van der Waals surface area contributed by atoms with E-state index in [4.69, 9.17) is 4.99 Å². The maximum atomic E-state index is 4.91. The lowest BCUT2D eigenvalue weighted by Gasteiger charge is -2.08. The van der Waals surface area contributed by atoms with E-state index in [1.807, 2.05) is 30.9 Å². The fraction of sp³-hybridized carbons (Fsp3) is 0.227. The molecule has 0 spiro atoms. The third-order valence-electron chi connectivity index (χ3n) is 4.23. The molecule has 0 saturated carbocycles. The summed E-state index contributed by atoms with van der Waals surface area (Å²) in [6, 6.07) is 18.8. The van der Waals surface area contributed by atoms with E-state index in [-0.39, 0.29) is 0 Å². The summed E-state index contributed by atoms with van der Waals surface area (Å²) in [6.07, 6.45) is 11.4. The molecule has 0 atom stereocenters. The van der Waals surface area contributed by atoms with E-state index >= 15 is 0 Å². The van der Waals surface area contributed by atoms with Crippen LogP contribution in [-0.2, 0) is 19.4 Å². The van der Waals surface area contributed by atoms with E-state index in [2.05, 4.69) is 58.5 Å². The quantitative estimate of drug-likeness (QED) is 0.563. The highest BCUT2D eigenvalue weighted by atomic mass is 14.7. The van der Waals surface area contributed by atoms with Crippen molar-refractivity contribution in [1.82, 2.24) is 9.97 Å². The van der Waals surface area contributed by atoms with Gasteiger partial charge in [-0.1, -0.05) is 30.3 Å². The van der Waals surface area contributed by atoms with Gasteiger partial charge in [0.2, 0.25) is 0 Å². The van der Waals surface area contributed by atoms with Gasteiger partial charge in [-0.3, -0.25) is 15.0 Å². The Kier molecular flexibility index (Phi) is 6.45. The monoisotopic (exact) mass is 329 g/mol. The topological polar surface area (TPSA) is 38.1 Å². The van der Waals surface area contributed by atoms with Gasteiger partial charge in [-0.05, 0) is 66.6 Å². The van der Waals surface area contributed by atoms with E-state index < -0.39 is 0 Å². The van der Waals surface area contributed by atoms with Crippen LogP contribution in [0.4, 0.5) is 0 Å². The van der Waals surface area contributed by atoms with Gasteiger partial charge in [-0.15, -0.1) is 0 Å². The van der Waals surface area contributed by atoms with Gasteiger partial charge in [-0.2, -0.15) is 0 Å². The fourth-order valence-corrected chi connectivity index (χ4v) is 2.75. The molecule has 2 aromatic heterocycles. The molecule has 25 heavy (non-hydrogen) atoms. The van der Waals surface area contributed by atoms with Crippen molar-refractivity contribution in [2.75, 3.05) is 0 Å². The molecule has 3 aromatic rings. The van der Waals surface area contributed by atoms with Gasteiger partial charge in [0.25, 0.3) is 0 Å². The molecule has 1 aromatic carbocycles. The van der Waals surface area contributed by atoms with Crippen molar-refractivity contribution in [3.05, 3.63) is 96.1 Å². The molecule has 0 fully saturated rings. The first-order chi connectivity index (χ1) is 12.4. The molecule has 0 unspecified atom stereocenters. The minimum absolute atomic E-state index is 0.753. The average molecular weight is 329 g/mol. The van der Waals surface area contributed by atoms with Gasteiger partial charge in [0.05, 0.1) is 6.54 Å². The van der Waals surface area contributed by atoms with E-state index in [0.29, 0.717) is 0 Å². The molecule has 3 rings (SSSR count). The number of aryl methyl sites for hydroxylation is 2. The van der Waals surface area contributed by atoms with Crippen molar-refractivity contribution in [2.45, 2.75) is 32.2 Å². The smallest absolute Gasteiger partial charge is 0.0639 e. The summed E-state index contributed by atoms with van der Waals surface area (Å²) < 4.78 is 0. The molecule has 0 radical (unpaired) electrons. The van der Waals surface area contributed by atoms with Crippen LogP contribution in [-0.4, -0.2) is 15.7 Å². The Morgan fingerprint density at radius 3 is 1.68 bits per heavy atom. The van der Waals surface area contributed by atoms with Crippen molar-refractivity contribution in [3.63, 3.8) is 0 Å². The number of aromatic nitrogens is 2. The molecule has 2 heterocycles. The molecule has 126 valence electrons. The third kappa shape index (κ3) is 5.96. The van der Waals surface area contributed by atoms with E-state index in [9.17, 15) is 0 Å². The highest BCUT2D eigenvalue weighted by Crippen LogP contribution is 2.10. The number of rotatable bonds is 8. The summed E-state index contributed by atoms with van der Waals surface area (Å²) >= 11 is 0. The Bertz CT molecular complexity index is 723. The first-order valence-electron chi connectivity index (χ1n) is 8.74. The van der Waals surface area contributed by atoms with E-state index in [1.165, 1.54) is 22.4 Å². The maximum Gasteiger partial charge on any atom is 0.0639 e. The van der Waals surface area contributed by atoms with Crippen LogP contribution in [0.1, 0.15) is 29.5 Å². The van der Waals surface area contributed by atoms with Gasteiger partial charge in [-0.25, -0.2) is 0 Å². The standard InChI is InChI=1S/C22H23N3/c1-2-4-21(5-3-1)18-25-22(8-6-19-10-14-23-15-11-19)9-7-20-12-16-24-17-13-20/h1-5,10-17H,6-9,18H2. The minimum atomic E-state index is 0.753. The molecular formula is C22H23N3. The van der Waals surface area contributed by atoms with Crippen LogP contribution in [0.5, 0.6) is 0 Å². The Balaban J connectivity index is 1.64. The Labute approximate surface area is 149 Å². The molecular weight excluding hydrogens is 306 g/mol. The second-order valence-corrected chi connectivity index (χ2v) is 6.08. The normalized spacial score (nSPS) is 10.4. The molecule has 3 heteroatoms. The summed E-state index contributed by atoms with van der Waals surface area (Å²) in [7, 11) is 0. The van der Waals surface area contributed by atoms with Crippen LogP contribution in [0.25, 0.3) is 0 Å². The molecule has 0 aliphatic carbocycles. The van der Waals surface area contributed by atoms with Crippen LogP contribution >= 0.6 is 0 Å². The summed E-state index contributed by atoms with van der Waals surface area (Å²) in [6.45, 7) is 0.753. The number of hydrogen-bond acceptors (Lipinski definition) is 3. The predicted molar refractivity (Wildman–Crippen MR) is 103 cm³/mol. The molecule has 3 nitrogen and oxygen atoms in total. The SMILES string of the molecule is c1ccc(CN=C(CCc2ccncc2)CCc2ccncc2)cc1. The van der Waals surface area contributed by atoms with Gasteiger partial charge in [0, 0.05) is 30.5 Å². The van der Waals surface area contributed by atoms with E-state index in [0.717, 1.165) is 32.2 Å². The predicted octanol–water partition coefficient (Wildman–Crippen LogP) is 4.68. The minimum Gasteiger partial charge on any atom is -0.289 e. The van der Waals surface area contributed by atoms with Gasteiger partial charge in [0.1, 0.15) is 0 Å². The lowest BCUT2D eigenvalue weighted by Crippen LogP contribution is -2.04. The zero-order valence-electron chi connectivity index (χ0n) is 14.4. The van der Waals surface area contributed by atoms with E-state index in [1.54, 1.807) is 0 Å². The summed E-state index contributed by atoms with van der Waals surface area (Å²) in [4.78, 5) is 13.1. The third-order valence-corrected chi connectivity index (χ3v) is 4.23. The lowest BCUT2D eigenvalue weighted by molar-refractivity contribution is 0.920. The Hall–Kier alpha value is -2.81. The highest BCUT2D eigenvalue weighted by Gasteiger charge is 2.03. The van der Waals surface area contributed by atoms with Crippen LogP contribution in [0.2, 0.25) is 0 Å². The highest BCUT2D eigenvalue weighted by molar-refractivity contribution is 5.84. The molecule has 0 aliphatic heterocycles. The Morgan fingerprint density at radius 1 is 0.640 bits per heavy atom. The number of hydrogen-bond donors (Lipinski definition) is 0. The molecule has 0 N–H and O–H groups in total. The van der Waals surface area contributed by atoms with Crippen LogP contribution in [0.15, 0.2) is 84.4 Å². The summed E-state index contributed by atoms with van der Waals surface area (Å²) in [5.74, 6) is 0. The largest absolute Gasteiger partial charge is 0.289 e. The number of benzene rings is 1. The van der Waals surface area contributed by atoms with Crippen LogP contribution in [0, 0.1) is 0 Å². The van der Waals surface area contributed by atoms with Crippen molar-refractivity contribution >= 4 is 5.71 Å². The summed E-state index contributed by atoms with van der Waals surface area (Å²) in [5.41, 5.74) is 5.16. The van der Waals surface area contributed by atoms with Gasteiger partial charge < -0.3 is 0 Å². The summed E-state index contributed by atoms with van der Waals surface area (Å²) in [5, 5.41) is 0. The second kappa shape index (κ2) is 9.48. The fourth-order valence-electron chi connectivity index (χ4n) is 2.75. The number of nitrogens with zero attached hydrogens (tertiary/aromatic N) is 3.